The quantitative estimate of drug-likeness (QED) is 0.617. The zero-order valence-corrected chi connectivity index (χ0v) is 17.2. The van der Waals surface area contributed by atoms with Crippen molar-refractivity contribution in [1.82, 2.24) is 9.55 Å². The largest absolute Gasteiger partial charge is 0.330 e. The molecule has 2 atom stereocenters. The molecular weight excluding hydrogens is 372 g/mol. The molecule has 0 N–H and O–H groups in total. The van der Waals surface area contributed by atoms with Gasteiger partial charge in [0.1, 0.15) is 0 Å². The number of carbonyl (C=O) groups is 1. The van der Waals surface area contributed by atoms with Crippen molar-refractivity contribution in [2.75, 3.05) is 11.4 Å². The number of aryl methyl sites for hydroxylation is 1. The highest BCUT2D eigenvalue weighted by Crippen LogP contribution is 2.31. The van der Waals surface area contributed by atoms with Gasteiger partial charge in [-0.05, 0) is 55.0 Å². The topological polar surface area (TPSA) is 61.9 Å². The molecular formula is C25H26N4O. The smallest absolute Gasteiger partial charge is 0.230 e. The van der Waals surface area contributed by atoms with Crippen LogP contribution >= 0.6 is 0 Å². The summed E-state index contributed by atoms with van der Waals surface area (Å²) in [6, 6.07) is 19.8. The third-order valence-electron chi connectivity index (χ3n) is 6.16. The Morgan fingerprint density at radius 3 is 2.63 bits per heavy atom. The molecule has 0 saturated carbocycles. The number of rotatable bonds is 6. The van der Waals surface area contributed by atoms with Crippen LogP contribution in [-0.2, 0) is 17.8 Å². The van der Waals surface area contributed by atoms with E-state index in [1.54, 1.807) is 0 Å². The number of hydrogen-bond acceptors (Lipinski definition) is 3. The maximum Gasteiger partial charge on any atom is 0.230 e. The monoisotopic (exact) mass is 398 g/mol. The van der Waals surface area contributed by atoms with Crippen LogP contribution in [0.15, 0.2) is 67.1 Å². The molecule has 30 heavy (non-hydrogen) atoms. The highest BCUT2D eigenvalue weighted by atomic mass is 16.2. The number of anilines is 1. The summed E-state index contributed by atoms with van der Waals surface area (Å²) < 4.78 is 2.16. The van der Waals surface area contributed by atoms with Crippen molar-refractivity contribution in [3.8, 4) is 6.07 Å². The van der Waals surface area contributed by atoms with Gasteiger partial charge < -0.3 is 9.47 Å². The summed E-state index contributed by atoms with van der Waals surface area (Å²) in [7, 11) is 0. The fourth-order valence-corrected chi connectivity index (χ4v) is 4.27. The second-order valence-corrected chi connectivity index (χ2v) is 8.02. The third-order valence-corrected chi connectivity index (χ3v) is 6.16. The van der Waals surface area contributed by atoms with Gasteiger partial charge in [-0.2, -0.15) is 5.26 Å². The van der Waals surface area contributed by atoms with Crippen LogP contribution in [0.2, 0.25) is 0 Å². The van der Waals surface area contributed by atoms with Crippen molar-refractivity contribution in [3.63, 3.8) is 0 Å². The molecule has 0 spiro atoms. The van der Waals surface area contributed by atoms with Gasteiger partial charge in [0, 0.05) is 36.6 Å². The number of amides is 1. The van der Waals surface area contributed by atoms with Gasteiger partial charge in [-0.25, -0.2) is 4.98 Å². The summed E-state index contributed by atoms with van der Waals surface area (Å²) in [6.45, 7) is 3.58. The van der Waals surface area contributed by atoms with Gasteiger partial charge in [0.05, 0.1) is 18.0 Å². The van der Waals surface area contributed by atoms with E-state index in [1.165, 1.54) is 5.69 Å². The van der Waals surface area contributed by atoms with E-state index in [0.29, 0.717) is 11.5 Å². The fraction of sp³-hybridized carbons (Fsp3) is 0.320. The maximum atomic E-state index is 12.9. The van der Waals surface area contributed by atoms with E-state index in [0.717, 1.165) is 43.6 Å². The predicted molar refractivity (Wildman–Crippen MR) is 117 cm³/mol. The highest BCUT2D eigenvalue weighted by Gasteiger charge is 2.33. The minimum Gasteiger partial charge on any atom is -0.330 e. The van der Waals surface area contributed by atoms with Crippen molar-refractivity contribution < 1.29 is 4.79 Å². The van der Waals surface area contributed by atoms with Crippen LogP contribution in [0.4, 0.5) is 5.69 Å². The first kappa shape index (κ1) is 19.9. The van der Waals surface area contributed by atoms with E-state index in [1.807, 2.05) is 72.0 Å². The lowest BCUT2D eigenvalue weighted by molar-refractivity contribution is -0.125. The Hall–Kier alpha value is -3.39. The lowest BCUT2D eigenvalue weighted by Crippen LogP contribution is -2.44. The molecule has 0 bridgehead atoms. The van der Waals surface area contributed by atoms with E-state index in [9.17, 15) is 4.79 Å². The molecule has 0 aliphatic carbocycles. The van der Waals surface area contributed by atoms with Crippen LogP contribution in [-0.4, -0.2) is 22.0 Å². The molecule has 5 nitrogen and oxygen atoms in total. The molecule has 0 radical (unpaired) electrons. The molecule has 3 aromatic rings. The molecule has 1 fully saturated rings. The molecule has 1 amide bonds. The zero-order valence-electron chi connectivity index (χ0n) is 17.2. The van der Waals surface area contributed by atoms with Crippen molar-refractivity contribution in [3.05, 3.63) is 83.9 Å². The van der Waals surface area contributed by atoms with Crippen LogP contribution in [0.25, 0.3) is 0 Å². The van der Waals surface area contributed by atoms with Crippen molar-refractivity contribution in [1.29, 1.82) is 5.26 Å². The summed E-state index contributed by atoms with van der Waals surface area (Å²) in [5.74, 6) is 0.633. The summed E-state index contributed by atoms with van der Waals surface area (Å²) in [5.41, 5.74) is 4.00. The number of nitriles is 1. The van der Waals surface area contributed by atoms with Crippen LogP contribution < -0.4 is 4.90 Å². The molecule has 152 valence electrons. The summed E-state index contributed by atoms with van der Waals surface area (Å²) in [5, 5.41) is 8.95. The Morgan fingerprint density at radius 1 is 1.13 bits per heavy atom. The molecule has 1 aliphatic heterocycles. The lowest BCUT2D eigenvalue weighted by Gasteiger charge is -2.36. The summed E-state index contributed by atoms with van der Waals surface area (Å²) in [6.07, 6.45) is 6.69. The lowest BCUT2D eigenvalue weighted by atomic mass is 9.82. The summed E-state index contributed by atoms with van der Waals surface area (Å²) >= 11 is 0. The minimum absolute atomic E-state index is 0.0221. The molecule has 2 aromatic carbocycles. The van der Waals surface area contributed by atoms with Crippen molar-refractivity contribution >= 4 is 11.6 Å². The Kier molecular flexibility index (Phi) is 5.94. The van der Waals surface area contributed by atoms with Gasteiger partial charge in [0.15, 0.2) is 0 Å². The van der Waals surface area contributed by atoms with Crippen LogP contribution in [0.3, 0.4) is 0 Å². The predicted octanol–water partition coefficient (Wildman–Crippen LogP) is 4.42. The SMILES string of the molecule is CC1C(=O)N(c2ccccc2)CCC1CCc1cncn1Cc1ccc(C#N)cc1. The number of hydrogen-bond donors (Lipinski definition) is 0. The number of nitrogens with zero attached hydrogens (tertiary/aromatic N) is 4. The fourth-order valence-electron chi connectivity index (χ4n) is 4.27. The van der Waals surface area contributed by atoms with Crippen molar-refractivity contribution in [2.45, 2.75) is 32.7 Å². The number of imidazole rings is 1. The Balaban J connectivity index is 1.37. The molecule has 2 unspecified atom stereocenters. The summed E-state index contributed by atoms with van der Waals surface area (Å²) in [4.78, 5) is 19.2. The van der Waals surface area contributed by atoms with E-state index in [2.05, 4.69) is 22.5 Å². The zero-order chi connectivity index (χ0) is 20.9. The number of benzene rings is 2. The molecule has 5 heteroatoms. The molecule has 4 rings (SSSR count). The van der Waals surface area contributed by atoms with E-state index >= 15 is 0 Å². The van der Waals surface area contributed by atoms with E-state index in [-0.39, 0.29) is 11.8 Å². The first-order chi connectivity index (χ1) is 14.7. The van der Waals surface area contributed by atoms with Gasteiger partial charge in [0.2, 0.25) is 5.91 Å². The number of aromatic nitrogens is 2. The third kappa shape index (κ3) is 4.28. The Morgan fingerprint density at radius 2 is 1.90 bits per heavy atom. The molecule has 2 heterocycles. The van der Waals surface area contributed by atoms with Crippen LogP contribution in [0, 0.1) is 23.2 Å². The Bertz CT molecular complexity index is 1030. The molecule has 1 aromatic heterocycles. The van der Waals surface area contributed by atoms with E-state index in [4.69, 9.17) is 5.26 Å². The average Bonchev–Trinajstić information content (AvgIpc) is 3.23. The first-order valence-corrected chi connectivity index (χ1v) is 10.5. The maximum absolute atomic E-state index is 12.9. The second-order valence-electron chi connectivity index (χ2n) is 8.02. The van der Waals surface area contributed by atoms with Gasteiger partial charge >= 0.3 is 0 Å². The van der Waals surface area contributed by atoms with E-state index < -0.39 is 0 Å². The molecule has 1 aliphatic rings. The van der Waals surface area contributed by atoms with Crippen LogP contribution in [0.5, 0.6) is 0 Å². The van der Waals surface area contributed by atoms with Gasteiger partial charge in [0.25, 0.3) is 0 Å². The number of carbonyl (C=O) groups excluding carboxylic acids is 1. The average molecular weight is 399 g/mol. The van der Waals surface area contributed by atoms with Gasteiger partial charge in [-0.1, -0.05) is 37.3 Å². The second kappa shape index (κ2) is 8.96. The highest BCUT2D eigenvalue weighted by molar-refractivity contribution is 5.95. The molecule has 1 saturated heterocycles. The van der Waals surface area contributed by atoms with Crippen LogP contribution in [0.1, 0.15) is 36.6 Å². The Labute approximate surface area is 177 Å². The van der Waals surface area contributed by atoms with Gasteiger partial charge in [-0.3, -0.25) is 4.79 Å². The minimum atomic E-state index is 0.0221. The first-order valence-electron chi connectivity index (χ1n) is 10.5. The van der Waals surface area contributed by atoms with Crippen molar-refractivity contribution in [2.24, 2.45) is 11.8 Å². The normalized spacial score (nSPS) is 18.9. The van der Waals surface area contributed by atoms with Gasteiger partial charge in [-0.15, -0.1) is 0 Å². The standard InChI is InChI=1S/C25H26N4O/c1-19-22(13-14-29(25(19)30)23-5-3-2-4-6-23)11-12-24-16-27-18-28(24)17-21-9-7-20(15-26)8-10-21/h2-10,16,18-19,22H,11-14,17H2,1H3. The number of piperidine rings is 1. The number of para-hydroxylation sites is 1.